The van der Waals surface area contributed by atoms with Crippen LogP contribution in [0.1, 0.15) is 31.9 Å². The SMILES string of the molecule is CC1OC(C)C(C(O)Cc2cc(Br)cc3c2OCC3)C1C. The molecule has 3 nitrogen and oxygen atoms in total. The fraction of sp³-hybridized carbons (Fsp3) is 0.647. The summed E-state index contributed by atoms with van der Waals surface area (Å²) in [6, 6.07) is 4.19. The summed E-state index contributed by atoms with van der Waals surface area (Å²) in [5, 5.41) is 10.7. The lowest BCUT2D eigenvalue weighted by molar-refractivity contribution is 0.0238. The Bertz CT molecular complexity index is 531. The van der Waals surface area contributed by atoms with Crippen molar-refractivity contribution >= 4 is 15.9 Å². The topological polar surface area (TPSA) is 38.7 Å². The lowest BCUT2D eigenvalue weighted by Crippen LogP contribution is -2.32. The van der Waals surface area contributed by atoms with Crippen LogP contribution in [-0.4, -0.2) is 30.0 Å². The third-order valence-corrected chi connectivity index (χ3v) is 5.48. The van der Waals surface area contributed by atoms with Crippen molar-refractivity contribution in [2.45, 2.75) is 51.9 Å². The fourth-order valence-electron chi connectivity index (χ4n) is 3.82. The number of aliphatic hydroxyl groups excluding tert-OH is 1. The Morgan fingerprint density at radius 1 is 1.29 bits per heavy atom. The van der Waals surface area contributed by atoms with E-state index in [-0.39, 0.29) is 18.1 Å². The Morgan fingerprint density at radius 2 is 2.05 bits per heavy atom. The molecule has 0 amide bonds. The Hall–Kier alpha value is -0.580. The molecule has 116 valence electrons. The molecule has 0 spiro atoms. The van der Waals surface area contributed by atoms with Gasteiger partial charge in [0.25, 0.3) is 0 Å². The fourth-order valence-corrected chi connectivity index (χ4v) is 4.37. The van der Waals surface area contributed by atoms with Crippen LogP contribution in [0.2, 0.25) is 0 Å². The van der Waals surface area contributed by atoms with Crippen LogP contribution in [0, 0.1) is 11.8 Å². The number of hydrogen-bond donors (Lipinski definition) is 1. The Kier molecular flexibility index (Phi) is 4.30. The predicted molar refractivity (Wildman–Crippen MR) is 85.7 cm³/mol. The summed E-state index contributed by atoms with van der Waals surface area (Å²) in [7, 11) is 0. The van der Waals surface area contributed by atoms with E-state index in [0.717, 1.165) is 28.8 Å². The average Bonchev–Trinajstić information content (AvgIpc) is 2.95. The largest absolute Gasteiger partial charge is 0.493 e. The number of aliphatic hydroxyl groups is 1. The van der Waals surface area contributed by atoms with Crippen molar-refractivity contribution in [2.75, 3.05) is 6.61 Å². The number of fused-ring (bicyclic) bond motifs is 1. The minimum Gasteiger partial charge on any atom is -0.493 e. The quantitative estimate of drug-likeness (QED) is 0.904. The highest BCUT2D eigenvalue weighted by molar-refractivity contribution is 9.10. The lowest BCUT2D eigenvalue weighted by atomic mass is 9.82. The summed E-state index contributed by atoms with van der Waals surface area (Å²) in [4.78, 5) is 0. The molecule has 2 aliphatic heterocycles. The first-order chi connectivity index (χ1) is 9.97. The second-order valence-electron chi connectivity index (χ2n) is 6.41. The van der Waals surface area contributed by atoms with Gasteiger partial charge in [0.05, 0.1) is 24.9 Å². The van der Waals surface area contributed by atoms with Gasteiger partial charge in [0.2, 0.25) is 0 Å². The van der Waals surface area contributed by atoms with E-state index in [1.165, 1.54) is 5.56 Å². The summed E-state index contributed by atoms with van der Waals surface area (Å²) in [5.41, 5.74) is 2.34. The molecule has 0 aromatic heterocycles. The number of hydrogen-bond acceptors (Lipinski definition) is 3. The van der Waals surface area contributed by atoms with Gasteiger partial charge in [0.15, 0.2) is 0 Å². The van der Waals surface area contributed by atoms with Gasteiger partial charge in [0.1, 0.15) is 5.75 Å². The first-order valence-corrected chi connectivity index (χ1v) is 8.54. The highest BCUT2D eigenvalue weighted by Crippen LogP contribution is 2.38. The zero-order chi connectivity index (χ0) is 15.1. The van der Waals surface area contributed by atoms with Crippen LogP contribution in [0.3, 0.4) is 0 Å². The van der Waals surface area contributed by atoms with Crippen LogP contribution >= 0.6 is 15.9 Å². The third kappa shape index (κ3) is 2.86. The van der Waals surface area contributed by atoms with Gasteiger partial charge in [-0.25, -0.2) is 0 Å². The van der Waals surface area contributed by atoms with Crippen LogP contribution < -0.4 is 4.74 Å². The third-order valence-electron chi connectivity index (χ3n) is 5.02. The first-order valence-electron chi connectivity index (χ1n) is 7.75. The van der Waals surface area contributed by atoms with Crippen molar-refractivity contribution in [1.29, 1.82) is 0 Å². The predicted octanol–water partition coefficient (Wildman–Crippen LogP) is 3.35. The van der Waals surface area contributed by atoms with E-state index < -0.39 is 6.10 Å². The zero-order valence-corrected chi connectivity index (χ0v) is 14.4. The molecule has 1 saturated heterocycles. The molecule has 1 N–H and O–H groups in total. The highest BCUT2D eigenvalue weighted by Gasteiger charge is 2.41. The second kappa shape index (κ2) is 5.90. The van der Waals surface area contributed by atoms with Gasteiger partial charge in [-0.15, -0.1) is 0 Å². The van der Waals surface area contributed by atoms with Crippen molar-refractivity contribution in [3.63, 3.8) is 0 Å². The van der Waals surface area contributed by atoms with E-state index in [2.05, 4.69) is 48.8 Å². The van der Waals surface area contributed by atoms with E-state index in [1.54, 1.807) is 0 Å². The Labute approximate surface area is 134 Å². The van der Waals surface area contributed by atoms with Crippen molar-refractivity contribution in [2.24, 2.45) is 11.8 Å². The number of ether oxygens (including phenoxy) is 2. The molecule has 1 fully saturated rings. The minimum absolute atomic E-state index is 0.103. The van der Waals surface area contributed by atoms with Gasteiger partial charge >= 0.3 is 0 Å². The van der Waals surface area contributed by atoms with Gasteiger partial charge in [-0.2, -0.15) is 0 Å². The normalized spacial score (nSPS) is 32.8. The van der Waals surface area contributed by atoms with E-state index in [1.807, 2.05) is 0 Å². The standard InChI is InChI=1S/C17H23BrO3/c1-9-10(2)21-11(3)16(9)15(19)8-13-7-14(18)6-12-4-5-20-17(12)13/h6-7,9-11,15-16,19H,4-5,8H2,1-3H3. The molecule has 4 heteroatoms. The minimum atomic E-state index is -0.400. The maximum Gasteiger partial charge on any atom is 0.125 e. The molecule has 21 heavy (non-hydrogen) atoms. The molecule has 0 radical (unpaired) electrons. The summed E-state index contributed by atoms with van der Waals surface area (Å²) in [5.74, 6) is 1.52. The van der Waals surface area contributed by atoms with E-state index in [4.69, 9.17) is 9.47 Å². The molecule has 5 atom stereocenters. The van der Waals surface area contributed by atoms with Crippen molar-refractivity contribution in [1.82, 2.24) is 0 Å². The molecule has 5 unspecified atom stereocenters. The molecule has 1 aromatic carbocycles. The van der Waals surface area contributed by atoms with Crippen LogP contribution in [0.5, 0.6) is 5.75 Å². The summed E-state index contributed by atoms with van der Waals surface area (Å²) >= 11 is 3.56. The van der Waals surface area contributed by atoms with Gasteiger partial charge in [-0.3, -0.25) is 0 Å². The van der Waals surface area contributed by atoms with Gasteiger partial charge < -0.3 is 14.6 Å². The summed E-state index contributed by atoms with van der Waals surface area (Å²) < 4.78 is 12.7. The number of halogens is 1. The average molecular weight is 355 g/mol. The molecule has 3 rings (SSSR count). The molecule has 0 saturated carbocycles. The Balaban J connectivity index is 1.81. The highest BCUT2D eigenvalue weighted by atomic mass is 79.9. The monoisotopic (exact) mass is 354 g/mol. The van der Waals surface area contributed by atoms with E-state index >= 15 is 0 Å². The smallest absolute Gasteiger partial charge is 0.125 e. The molecular formula is C17H23BrO3. The number of rotatable bonds is 3. The summed E-state index contributed by atoms with van der Waals surface area (Å²) in [6.45, 7) is 7.07. The van der Waals surface area contributed by atoms with Gasteiger partial charge in [-0.1, -0.05) is 22.9 Å². The zero-order valence-electron chi connectivity index (χ0n) is 12.8. The summed E-state index contributed by atoms with van der Waals surface area (Å²) in [6.07, 6.45) is 1.49. The van der Waals surface area contributed by atoms with Crippen molar-refractivity contribution < 1.29 is 14.6 Å². The first kappa shape index (κ1) is 15.3. The maximum atomic E-state index is 10.7. The van der Waals surface area contributed by atoms with E-state index in [0.29, 0.717) is 12.3 Å². The molecule has 0 bridgehead atoms. The molecule has 2 heterocycles. The van der Waals surface area contributed by atoms with Gasteiger partial charge in [0, 0.05) is 23.2 Å². The van der Waals surface area contributed by atoms with Crippen LogP contribution in [-0.2, 0) is 17.6 Å². The van der Waals surface area contributed by atoms with Crippen molar-refractivity contribution in [3.05, 3.63) is 27.7 Å². The molecular weight excluding hydrogens is 332 g/mol. The van der Waals surface area contributed by atoms with Crippen LogP contribution in [0.4, 0.5) is 0 Å². The lowest BCUT2D eigenvalue weighted by Gasteiger charge is -2.25. The molecule has 2 aliphatic rings. The number of benzene rings is 1. The van der Waals surface area contributed by atoms with Crippen LogP contribution in [0.15, 0.2) is 16.6 Å². The molecule has 0 aliphatic carbocycles. The van der Waals surface area contributed by atoms with Gasteiger partial charge in [-0.05, 0) is 43.0 Å². The Morgan fingerprint density at radius 3 is 2.71 bits per heavy atom. The maximum absolute atomic E-state index is 10.7. The second-order valence-corrected chi connectivity index (χ2v) is 7.32. The van der Waals surface area contributed by atoms with Crippen LogP contribution in [0.25, 0.3) is 0 Å². The molecule has 1 aromatic rings. The van der Waals surface area contributed by atoms with Crippen molar-refractivity contribution in [3.8, 4) is 5.75 Å². The van der Waals surface area contributed by atoms with E-state index in [9.17, 15) is 5.11 Å².